The third-order valence-corrected chi connectivity index (χ3v) is 3.01. The zero-order valence-corrected chi connectivity index (χ0v) is 10.5. The number of carboxylic acids is 1. The highest BCUT2D eigenvalue weighted by Gasteiger charge is 2.33. The molecule has 1 aromatic heterocycles. The van der Waals surface area contributed by atoms with E-state index in [0.29, 0.717) is 6.07 Å². The Labute approximate surface area is 112 Å². The van der Waals surface area contributed by atoms with E-state index in [-0.39, 0.29) is 15.4 Å². The molecule has 0 spiro atoms. The monoisotopic (exact) mass is 337 g/mol. The molecule has 100 valence electrons. The lowest BCUT2D eigenvalue weighted by Crippen LogP contribution is -2.10. The molecule has 1 N–H and O–H groups in total. The van der Waals surface area contributed by atoms with Crippen molar-refractivity contribution in [3.05, 3.63) is 39.7 Å². The predicted octanol–water partition coefficient (Wildman–Crippen LogP) is 3.85. The van der Waals surface area contributed by atoms with Crippen molar-refractivity contribution in [2.45, 2.75) is 6.18 Å². The Morgan fingerprint density at radius 1 is 1.32 bits per heavy atom. The van der Waals surface area contributed by atoms with E-state index in [1.807, 2.05) is 0 Å². The van der Waals surface area contributed by atoms with E-state index in [9.17, 15) is 22.4 Å². The minimum Gasteiger partial charge on any atom is -0.478 e. The van der Waals surface area contributed by atoms with E-state index < -0.39 is 29.2 Å². The second kappa shape index (κ2) is 4.44. The Bertz CT molecular complexity index is 684. The largest absolute Gasteiger partial charge is 0.478 e. The van der Waals surface area contributed by atoms with E-state index in [1.165, 1.54) is 0 Å². The zero-order valence-electron chi connectivity index (χ0n) is 8.92. The van der Waals surface area contributed by atoms with Crippen LogP contribution in [0.2, 0.25) is 0 Å². The maximum atomic E-state index is 13.4. The summed E-state index contributed by atoms with van der Waals surface area (Å²) in [6.07, 6.45) is -4.67. The summed E-state index contributed by atoms with van der Waals surface area (Å²) in [5.74, 6) is -2.62. The van der Waals surface area contributed by atoms with E-state index >= 15 is 0 Å². The Hall–Kier alpha value is -1.70. The van der Waals surface area contributed by atoms with Crippen LogP contribution in [0.1, 0.15) is 16.1 Å². The molecule has 0 aliphatic heterocycles. The van der Waals surface area contributed by atoms with Crippen molar-refractivity contribution in [1.82, 2.24) is 4.98 Å². The Balaban J connectivity index is 2.87. The van der Waals surface area contributed by atoms with Gasteiger partial charge in [-0.25, -0.2) is 14.2 Å². The summed E-state index contributed by atoms with van der Waals surface area (Å²) >= 11 is 2.82. The van der Waals surface area contributed by atoms with Crippen molar-refractivity contribution < 1.29 is 27.5 Å². The minimum absolute atomic E-state index is 0.179. The number of hydrogen-bond donors (Lipinski definition) is 1. The summed E-state index contributed by atoms with van der Waals surface area (Å²) in [5, 5.41) is 8.70. The quantitative estimate of drug-likeness (QED) is 0.804. The minimum atomic E-state index is -4.67. The number of rotatable bonds is 1. The first-order valence-corrected chi connectivity index (χ1v) is 5.60. The average molecular weight is 338 g/mol. The van der Waals surface area contributed by atoms with Gasteiger partial charge >= 0.3 is 12.1 Å². The van der Waals surface area contributed by atoms with Crippen LogP contribution in [0.5, 0.6) is 0 Å². The summed E-state index contributed by atoms with van der Waals surface area (Å²) in [6, 6.07) is 2.39. The van der Waals surface area contributed by atoms with Crippen LogP contribution >= 0.6 is 15.9 Å². The second-order valence-electron chi connectivity index (χ2n) is 3.61. The van der Waals surface area contributed by atoms with Crippen LogP contribution in [-0.4, -0.2) is 16.1 Å². The van der Waals surface area contributed by atoms with Gasteiger partial charge in [-0.15, -0.1) is 0 Å². The fraction of sp³-hybridized carbons (Fsp3) is 0.0909. The summed E-state index contributed by atoms with van der Waals surface area (Å²) < 4.78 is 50.9. The molecule has 1 heterocycles. The molecule has 0 aliphatic carbocycles. The van der Waals surface area contributed by atoms with Crippen LogP contribution in [0.4, 0.5) is 17.6 Å². The van der Waals surface area contributed by atoms with Crippen molar-refractivity contribution in [1.29, 1.82) is 0 Å². The fourth-order valence-electron chi connectivity index (χ4n) is 1.61. The van der Waals surface area contributed by atoms with Gasteiger partial charge in [0.1, 0.15) is 17.1 Å². The van der Waals surface area contributed by atoms with E-state index in [2.05, 4.69) is 20.9 Å². The van der Waals surface area contributed by atoms with Gasteiger partial charge in [0.15, 0.2) is 0 Å². The maximum absolute atomic E-state index is 13.4. The van der Waals surface area contributed by atoms with E-state index in [0.717, 1.165) is 12.1 Å². The van der Waals surface area contributed by atoms with Crippen molar-refractivity contribution in [2.24, 2.45) is 0 Å². The molecule has 0 aliphatic rings. The van der Waals surface area contributed by atoms with Gasteiger partial charge in [0.05, 0.1) is 5.52 Å². The average Bonchev–Trinajstić information content (AvgIpc) is 2.27. The Morgan fingerprint density at radius 3 is 2.47 bits per heavy atom. The first kappa shape index (κ1) is 13.7. The molecule has 0 fully saturated rings. The number of pyridine rings is 1. The molecule has 0 saturated heterocycles. The molecule has 0 radical (unpaired) electrons. The van der Waals surface area contributed by atoms with Crippen molar-refractivity contribution in [2.75, 3.05) is 0 Å². The molecule has 2 aromatic rings. The summed E-state index contributed by atoms with van der Waals surface area (Å²) in [6.45, 7) is 0. The van der Waals surface area contributed by atoms with Crippen molar-refractivity contribution in [3.63, 3.8) is 0 Å². The van der Waals surface area contributed by atoms with Crippen LogP contribution in [0, 0.1) is 5.82 Å². The van der Waals surface area contributed by atoms with Crippen LogP contribution in [0.25, 0.3) is 10.9 Å². The van der Waals surface area contributed by atoms with Gasteiger partial charge in [0, 0.05) is 9.86 Å². The number of carboxylic acid groups (broad SMARTS) is 1. The number of alkyl halides is 3. The third-order valence-electron chi connectivity index (χ3n) is 2.38. The number of fused-ring (bicyclic) bond motifs is 1. The standard InChI is InChI=1S/C11H4BrF4NO2/c12-4-3-7(11(14,15)16)17-6-2-1-5(13)9(8(4)6)10(18)19/h1-3H,(H,18,19). The second-order valence-corrected chi connectivity index (χ2v) is 4.46. The molecule has 19 heavy (non-hydrogen) atoms. The highest BCUT2D eigenvalue weighted by molar-refractivity contribution is 9.10. The zero-order chi connectivity index (χ0) is 14.4. The lowest BCUT2D eigenvalue weighted by molar-refractivity contribution is -0.141. The third kappa shape index (κ3) is 2.40. The predicted molar refractivity (Wildman–Crippen MR) is 61.4 cm³/mol. The SMILES string of the molecule is O=C(O)c1c(F)ccc2nc(C(F)(F)F)cc(Br)c12. The van der Waals surface area contributed by atoms with Gasteiger partial charge in [-0.05, 0) is 34.1 Å². The lowest BCUT2D eigenvalue weighted by atomic mass is 10.1. The molecule has 0 bridgehead atoms. The number of nitrogens with zero attached hydrogens (tertiary/aromatic N) is 1. The number of aromatic carboxylic acids is 1. The summed E-state index contributed by atoms with van der Waals surface area (Å²) in [4.78, 5) is 14.3. The van der Waals surface area contributed by atoms with Gasteiger partial charge in [0.2, 0.25) is 0 Å². The normalized spacial score (nSPS) is 11.8. The van der Waals surface area contributed by atoms with Gasteiger partial charge < -0.3 is 5.11 Å². The Morgan fingerprint density at radius 2 is 1.95 bits per heavy atom. The van der Waals surface area contributed by atoms with Crippen molar-refractivity contribution >= 4 is 32.8 Å². The molecule has 0 atom stereocenters. The maximum Gasteiger partial charge on any atom is 0.433 e. The summed E-state index contributed by atoms with van der Waals surface area (Å²) in [5.41, 5.74) is -2.15. The molecule has 0 saturated carbocycles. The van der Waals surface area contributed by atoms with E-state index in [1.54, 1.807) is 0 Å². The highest BCUT2D eigenvalue weighted by atomic mass is 79.9. The molecule has 0 unspecified atom stereocenters. The van der Waals surface area contributed by atoms with Gasteiger partial charge in [-0.2, -0.15) is 13.2 Å². The number of aromatic nitrogens is 1. The smallest absolute Gasteiger partial charge is 0.433 e. The number of benzene rings is 1. The molecule has 8 heteroatoms. The van der Waals surface area contributed by atoms with Crippen LogP contribution in [0.15, 0.2) is 22.7 Å². The molecular weight excluding hydrogens is 334 g/mol. The molecule has 3 nitrogen and oxygen atoms in total. The van der Waals surface area contributed by atoms with Crippen LogP contribution in [0.3, 0.4) is 0 Å². The summed E-state index contributed by atoms with van der Waals surface area (Å²) in [7, 11) is 0. The topological polar surface area (TPSA) is 50.2 Å². The first-order valence-electron chi connectivity index (χ1n) is 4.81. The van der Waals surface area contributed by atoms with Gasteiger partial charge in [-0.3, -0.25) is 0 Å². The Kier molecular flexibility index (Phi) is 3.21. The molecule has 2 rings (SSSR count). The lowest BCUT2D eigenvalue weighted by Gasteiger charge is -2.10. The molecular formula is C11H4BrF4NO2. The fourth-order valence-corrected chi connectivity index (χ4v) is 2.23. The van der Waals surface area contributed by atoms with E-state index in [4.69, 9.17) is 5.11 Å². The van der Waals surface area contributed by atoms with Crippen LogP contribution < -0.4 is 0 Å². The number of halogens is 5. The molecule has 1 aromatic carbocycles. The molecule has 0 amide bonds. The van der Waals surface area contributed by atoms with Gasteiger partial charge in [0.25, 0.3) is 0 Å². The first-order chi connectivity index (χ1) is 8.71. The highest BCUT2D eigenvalue weighted by Crippen LogP contribution is 2.34. The van der Waals surface area contributed by atoms with Crippen LogP contribution in [-0.2, 0) is 6.18 Å². The number of hydrogen-bond acceptors (Lipinski definition) is 2. The number of carbonyl (C=O) groups is 1. The van der Waals surface area contributed by atoms with Crippen molar-refractivity contribution in [3.8, 4) is 0 Å². The van der Waals surface area contributed by atoms with Gasteiger partial charge in [-0.1, -0.05) is 0 Å².